The Balaban J connectivity index is 1.69. The molecule has 3 heterocycles. The molecule has 0 aliphatic rings. The topological polar surface area (TPSA) is 44.2 Å². The molecular weight excluding hydrogens is 547 g/mol. The van der Waals surface area contributed by atoms with E-state index in [2.05, 4.69) is 9.97 Å². The fraction of sp³-hybridized carbons (Fsp3) is 0.143. The third kappa shape index (κ3) is 6.07. The van der Waals surface area contributed by atoms with Gasteiger partial charge in [0.1, 0.15) is 15.5 Å². The molecule has 4 aromatic rings. The summed E-state index contributed by atoms with van der Waals surface area (Å²) in [7, 11) is 0. The average Bonchev–Trinajstić information content (AvgIpc) is 3.43. The summed E-state index contributed by atoms with van der Waals surface area (Å²) in [6.07, 6.45) is -13.8. The number of aromatic nitrogens is 2. The number of rotatable bonds is 5. The number of hydrogen-bond donors (Lipinski definition) is 0. The van der Waals surface area contributed by atoms with E-state index < -0.39 is 33.8 Å². The van der Waals surface area contributed by atoms with Crippen LogP contribution in [0, 0.1) is 0 Å². The van der Waals surface area contributed by atoms with Crippen LogP contribution in [0.1, 0.15) is 15.3 Å². The van der Waals surface area contributed by atoms with Gasteiger partial charge >= 0.3 is 18.5 Å². The second-order valence-electron chi connectivity index (χ2n) is 6.91. The lowest BCUT2D eigenvalue weighted by molar-refractivity contribution is -0.137. The molecule has 0 aliphatic heterocycles. The van der Waals surface area contributed by atoms with Crippen LogP contribution in [0.5, 0.6) is 22.6 Å². The summed E-state index contributed by atoms with van der Waals surface area (Å²) in [5.41, 5.74) is -0.895. The molecule has 0 amide bonds. The largest absolute Gasteiger partial charge is 0.438 e. The molecule has 0 aliphatic carbocycles. The van der Waals surface area contributed by atoms with E-state index in [9.17, 15) is 39.5 Å². The number of hydrogen-bond acceptors (Lipinski definition) is 6. The van der Waals surface area contributed by atoms with Gasteiger partial charge in [-0.05, 0) is 24.3 Å². The Hall–Kier alpha value is -3.33. The summed E-state index contributed by atoms with van der Waals surface area (Å²) >= 11 is 0.616. The maximum Gasteiger partial charge on any atom is 0.425 e. The number of thiophene rings is 2. The third-order valence-corrected chi connectivity index (χ3v) is 6.25. The van der Waals surface area contributed by atoms with Crippen LogP contribution in [0.2, 0.25) is 0 Å². The third-order valence-electron chi connectivity index (χ3n) is 4.29. The molecule has 36 heavy (non-hydrogen) atoms. The molecule has 0 N–H and O–H groups in total. The van der Waals surface area contributed by atoms with Crippen LogP contribution in [0.15, 0.2) is 53.9 Å². The second-order valence-corrected chi connectivity index (χ2v) is 8.87. The fourth-order valence-corrected chi connectivity index (χ4v) is 4.13. The fourth-order valence-electron chi connectivity index (χ4n) is 2.72. The van der Waals surface area contributed by atoms with E-state index in [4.69, 9.17) is 9.47 Å². The van der Waals surface area contributed by atoms with Gasteiger partial charge in [0, 0.05) is 17.0 Å². The van der Waals surface area contributed by atoms with Gasteiger partial charge in [-0.1, -0.05) is 23.5 Å². The van der Waals surface area contributed by atoms with Crippen molar-refractivity contribution in [2.45, 2.75) is 18.5 Å². The van der Waals surface area contributed by atoms with Crippen molar-refractivity contribution in [2.75, 3.05) is 0 Å². The summed E-state index contributed by atoms with van der Waals surface area (Å²) in [6, 6.07) is 7.15. The van der Waals surface area contributed by atoms with Gasteiger partial charge in [0.25, 0.3) is 0 Å². The van der Waals surface area contributed by atoms with Crippen molar-refractivity contribution in [3.05, 3.63) is 69.2 Å². The number of alkyl halides is 9. The lowest BCUT2D eigenvalue weighted by Crippen LogP contribution is -2.04. The van der Waals surface area contributed by atoms with E-state index >= 15 is 0 Å². The van der Waals surface area contributed by atoms with Gasteiger partial charge in [0.2, 0.25) is 11.8 Å². The van der Waals surface area contributed by atoms with Crippen LogP contribution in [0.25, 0.3) is 11.4 Å². The highest BCUT2D eigenvalue weighted by Crippen LogP contribution is 2.41. The molecule has 190 valence electrons. The minimum Gasteiger partial charge on any atom is -0.438 e. The molecule has 0 radical (unpaired) electrons. The standard InChI is InChI=1S/C21H9F9N2O2S2/c22-19(23,24)11-3-1-10(2-4-11)18-31-15(33-12-7-14(35-9-12)21(28,29)30)8-16(32-18)34-17-6-5-13(36-17)20(25,26)27/h1-9H. The minimum atomic E-state index is -4.62. The SMILES string of the molecule is FC(F)(F)c1ccc(-c2nc(Oc3csc(C(F)(F)F)c3)cc(Oc3ccc(C(F)(F)F)s3)n2)cc1. The Morgan fingerprint density at radius 2 is 1.25 bits per heavy atom. The molecule has 0 atom stereocenters. The summed E-state index contributed by atoms with van der Waals surface area (Å²) in [5.74, 6) is -1.19. The lowest BCUT2D eigenvalue weighted by Gasteiger charge is -2.10. The summed E-state index contributed by atoms with van der Waals surface area (Å²) in [4.78, 5) is 6.09. The molecule has 0 fully saturated rings. The van der Waals surface area contributed by atoms with Crippen molar-refractivity contribution in [3.8, 4) is 34.0 Å². The van der Waals surface area contributed by atoms with E-state index in [-0.39, 0.29) is 45.3 Å². The first-order valence-electron chi connectivity index (χ1n) is 9.44. The van der Waals surface area contributed by atoms with Gasteiger partial charge in [0.15, 0.2) is 10.9 Å². The van der Waals surface area contributed by atoms with Crippen LogP contribution >= 0.6 is 22.7 Å². The van der Waals surface area contributed by atoms with Crippen molar-refractivity contribution in [1.82, 2.24) is 9.97 Å². The normalized spacial score (nSPS) is 12.6. The van der Waals surface area contributed by atoms with Gasteiger partial charge in [-0.2, -0.15) is 49.5 Å². The molecule has 4 nitrogen and oxygen atoms in total. The number of benzene rings is 1. The predicted molar refractivity (Wildman–Crippen MR) is 111 cm³/mol. The molecule has 0 bridgehead atoms. The number of ether oxygens (including phenoxy) is 2. The van der Waals surface area contributed by atoms with Crippen LogP contribution in [-0.4, -0.2) is 9.97 Å². The Labute approximate surface area is 203 Å². The minimum absolute atomic E-state index is 0.0572. The molecular formula is C21H9F9N2O2S2. The zero-order valence-corrected chi connectivity index (χ0v) is 18.8. The summed E-state index contributed by atoms with van der Waals surface area (Å²) < 4.78 is 127. The van der Waals surface area contributed by atoms with Gasteiger partial charge in [-0.15, -0.1) is 11.3 Å². The van der Waals surface area contributed by atoms with Crippen molar-refractivity contribution in [1.29, 1.82) is 0 Å². The summed E-state index contributed by atoms with van der Waals surface area (Å²) in [6.45, 7) is 0. The maximum atomic E-state index is 12.9. The van der Waals surface area contributed by atoms with E-state index in [0.717, 1.165) is 47.8 Å². The van der Waals surface area contributed by atoms with Crippen LogP contribution < -0.4 is 9.47 Å². The predicted octanol–water partition coefficient (Wildman–Crippen LogP) is 8.91. The molecule has 0 spiro atoms. The molecule has 3 aromatic heterocycles. The van der Waals surface area contributed by atoms with Gasteiger partial charge in [-0.25, -0.2) is 0 Å². The summed E-state index contributed by atoms with van der Waals surface area (Å²) in [5, 5.41) is 0.832. The van der Waals surface area contributed by atoms with E-state index in [1.807, 2.05) is 0 Å². The molecule has 0 unspecified atom stereocenters. The Morgan fingerprint density at radius 1 is 0.639 bits per heavy atom. The first-order valence-corrected chi connectivity index (χ1v) is 11.1. The zero-order chi connectivity index (χ0) is 26.3. The molecule has 0 saturated heterocycles. The number of nitrogens with zero attached hydrogens (tertiary/aromatic N) is 2. The molecule has 0 saturated carbocycles. The first kappa shape index (κ1) is 25.8. The Bertz CT molecular complexity index is 1280. The smallest absolute Gasteiger partial charge is 0.425 e. The molecule has 4 rings (SSSR count). The van der Waals surface area contributed by atoms with Crippen LogP contribution in [-0.2, 0) is 18.5 Å². The van der Waals surface area contributed by atoms with Crippen molar-refractivity contribution in [3.63, 3.8) is 0 Å². The molecule has 15 heteroatoms. The molecule has 1 aromatic carbocycles. The van der Waals surface area contributed by atoms with Crippen LogP contribution in [0.3, 0.4) is 0 Å². The van der Waals surface area contributed by atoms with Gasteiger partial charge in [0.05, 0.1) is 11.6 Å². The quantitative estimate of drug-likeness (QED) is 0.230. The maximum absolute atomic E-state index is 12.9. The van der Waals surface area contributed by atoms with Crippen LogP contribution in [0.4, 0.5) is 39.5 Å². The Kier molecular flexibility index (Phi) is 6.64. The number of halogens is 9. The van der Waals surface area contributed by atoms with Crippen molar-refractivity contribution in [2.24, 2.45) is 0 Å². The van der Waals surface area contributed by atoms with E-state index in [1.54, 1.807) is 0 Å². The highest BCUT2D eigenvalue weighted by Gasteiger charge is 2.34. The first-order chi connectivity index (χ1) is 16.7. The highest BCUT2D eigenvalue weighted by molar-refractivity contribution is 7.14. The lowest BCUT2D eigenvalue weighted by atomic mass is 10.1. The second kappa shape index (κ2) is 9.28. The highest BCUT2D eigenvalue weighted by atomic mass is 32.1. The average molecular weight is 556 g/mol. The van der Waals surface area contributed by atoms with Crippen molar-refractivity contribution >= 4 is 22.7 Å². The monoisotopic (exact) mass is 556 g/mol. The van der Waals surface area contributed by atoms with Gasteiger partial charge in [-0.3, -0.25) is 0 Å². The van der Waals surface area contributed by atoms with E-state index in [1.165, 1.54) is 0 Å². The van der Waals surface area contributed by atoms with Crippen molar-refractivity contribution < 1.29 is 49.0 Å². The van der Waals surface area contributed by atoms with E-state index in [0.29, 0.717) is 17.4 Å². The van der Waals surface area contributed by atoms with Gasteiger partial charge < -0.3 is 9.47 Å². The Morgan fingerprint density at radius 3 is 1.78 bits per heavy atom. The zero-order valence-electron chi connectivity index (χ0n) is 17.1.